The molecule has 51 heavy (non-hydrogen) atoms. The molecule has 16 nitrogen and oxygen atoms in total. The number of ether oxygens (including phenoxy) is 1. The molecule has 276 valence electrons. The summed E-state index contributed by atoms with van der Waals surface area (Å²) in [6.07, 6.45) is 3.61. The Bertz CT molecular complexity index is 1940. The summed E-state index contributed by atoms with van der Waals surface area (Å²) >= 11 is 0. The number of nitrogens with zero attached hydrogens (tertiary/aromatic N) is 6. The number of likely N-dealkylation sites (N-methyl/N-ethyl adjacent to an activating group) is 1. The van der Waals surface area contributed by atoms with Gasteiger partial charge in [0.15, 0.2) is 5.82 Å². The molecule has 1 aliphatic heterocycles. The topological polar surface area (TPSA) is 193 Å². The minimum absolute atomic E-state index is 0.0110. The molecule has 4 rings (SSSR count). The molecule has 1 aromatic carbocycles. The molecule has 0 saturated heterocycles. The molecule has 0 spiro atoms. The maximum atomic E-state index is 13.9. The van der Waals surface area contributed by atoms with Gasteiger partial charge in [0.25, 0.3) is 11.8 Å². The first kappa shape index (κ1) is 39.1. The first-order valence-electron chi connectivity index (χ1n) is 16.7. The molecule has 0 aliphatic carbocycles. The summed E-state index contributed by atoms with van der Waals surface area (Å²) in [7, 11) is -0.497. The second kappa shape index (κ2) is 16.5. The standard InChI is InChI=1S/C34H46N8O8S/c1-7-50-21-25-37-31-32(42(25)22-34(2,3)38-51(6,48)49)23-11-8-9-12-24(23)36-33(31)41(30(47)15-14-26(43)35-4)20-19-39(5)27(44)13-10-18-40-28(45)16-17-29(40)46/h8-9,11-12,16-17,38H,7,10,13-15,18-22H2,1-6H3,(H,35,43). The van der Waals surface area contributed by atoms with Gasteiger partial charge in [0.05, 0.1) is 17.3 Å². The van der Waals surface area contributed by atoms with Gasteiger partial charge in [-0.15, -0.1) is 0 Å². The van der Waals surface area contributed by atoms with Crippen LogP contribution in [0.5, 0.6) is 0 Å². The molecule has 17 heteroatoms. The average molecular weight is 727 g/mol. The number of carbonyl (C=O) groups is 5. The molecule has 0 saturated carbocycles. The molecular formula is C34H46N8O8S. The Morgan fingerprint density at radius 1 is 0.980 bits per heavy atom. The number of carbonyl (C=O) groups excluding carboxylic acids is 5. The number of aromatic nitrogens is 3. The van der Waals surface area contributed by atoms with E-state index in [1.807, 2.05) is 29.7 Å². The number of pyridine rings is 1. The highest BCUT2D eigenvalue weighted by atomic mass is 32.2. The third-order valence-electron chi connectivity index (χ3n) is 8.25. The summed E-state index contributed by atoms with van der Waals surface area (Å²) in [5.41, 5.74) is 0.578. The molecule has 0 bridgehead atoms. The van der Waals surface area contributed by atoms with Crippen LogP contribution >= 0.6 is 0 Å². The van der Waals surface area contributed by atoms with Crippen molar-refractivity contribution in [3.8, 4) is 0 Å². The van der Waals surface area contributed by atoms with E-state index in [2.05, 4.69) is 10.0 Å². The summed E-state index contributed by atoms with van der Waals surface area (Å²) in [6, 6.07) is 7.33. The molecule has 0 atom stereocenters. The molecule has 2 aromatic heterocycles. The summed E-state index contributed by atoms with van der Waals surface area (Å²) in [5.74, 6) is -1.10. The number of rotatable bonds is 18. The number of anilines is 1. The summed E-state index contributed by atoms with van der Waals surface area (Å²) in [5, 5.41) is 3.24. The van der Waals surface area contributed by atoms with Gasteiger partial charge >= 0.3 is 0 Å². The lowest BCUT2D eigenvalue weighted by Gasteiger charge is -2.28. The fraction of sp³-hybridized carbons (Fsp3) is 0.500. The number of fused-ring (bicyclic) bond motifs is 3. The van der Waals surface area contributed by atoms with E-state index in [4.69, 9.17) is 14.7 Å². The lowest BCUT2D eigenvalue weighted by atomic mass is 10.1. The van der Waals surface area contributed by atoms with Crippen LogP contribution in [0.15, 0.2) is 36.4 Å². The Morgan fingerprint density at radius 2 is 1.67 bits per heavy atom. The van der Waals surface area contributed by atoms with Gasteiger partial charge in [-0.2, -0.15) is 0 Å². The lowest BCUT2D eigenvalue weighted by Crippen LogP contribution is -2.46. The zero-order valence-electron chi connectivity index (χ0n) is 29.9. The average Bonchev–Trinajstić information content (AvgIpc) is 3.58. The van der Waals surface area contributed by atoms with Crippen LogP contribution in [0.25, 0.3) is 21.9 Å². The number of imidazole rings is 1. The van der Waals surface area contributed by atoms with Crippen molar-refractivity contribution in [1.82, 2.24) is 34.4 Å². The van der Waals surface area contributed by atoms with Gasteiger partial charge in [0, 0.05) is 89.2 Å². The van der Waals surface area contributed by atoms with E-state index in [1.54, 1.807) is 27.0 Å². The summed E-state index contributed by atoms with van der Waals surface area (Å²) < 4.78 is 34.9. The Balaban J connectivity index is 1.74. The molecule has 3 aromatic rings. The number of sulfonamides is 1. The highest BCUT2D eigenvalue weighted by Crippen LogP contribution is 2.34. The lowest BCUT2D eigenvalue weighted by molar-refractivity contribution is -0.138. The number of hydrogen-bond donors (Lipinski definition) is 2. The predicted octanol–water partition coefficient (Wildman–Crippen LogP) is 1.47. The molecule has 0 radical (unpaired) electrons. The Kier molecular flexibility index (Phi) is 12.6. The first-order valence-corrected chi connectivity index (χ1v) is 18.6. The van der Waals surface area contributed by atoms with E-state index < -0.39 is 33.3 Å². The van der Waals surface area contributed by atoms with Gasteiger partial charge in [0.1, 0.15) is 17.9 Å². The van der Waals surface area contributed by atoms with Gasteiger partial charge in [-0.3, -0.25) is 33.8 Å². The van der Waals surface area contributed by atoms with Gasteiger partial charge in [-0.25, -0.2) is 23.1 Å². The highest BCUT2D eigenvalue weighted by molar-refractivity contribution is 7.88. The predicted molar refractivity (Wildman–Crippen MR) is 191 cm³/mol. The third-order valence-corrected chi connectivity index (χ3v) is 9.18. The van der Waals surface area contributed by atoms with Crippen LogP contribution in [-0.4, -0.2) is 114 Å². The molecule has 5 amide bonds. The van der Waals surface area contributed by atoms with Crippen LogP contribution in [0.3, 0.4) is 0 Å². The van der Waals surface area contributed by atoms with E-state index in [9.17, 15) is 32.4 Å². The van der Waals surface area contributed by atoms with Gasteiger partial charge in [0.2, 0.25) is 27.7 Å². The largest absolute Gasteiger partial charge is 0.374 e. The van der Waals surface area contributed by atoms with Crippen molar-refractivity contribution in [3.05, 3.63) is 42.2 Å². The summed E-state index contributed by atoms with van der Waals surface area (Å²) in [6.45, 7) is 6.24. The molecule has 1 aliphatic rings. The number of hydrogen-bond acceptors (Lipinski definition) is 10. The smallest absolute Gasteiger partial charge is 0.253 e. The van der Waals surface area contributed by atoms with E-state index in [0.29, 0.717) is 29.0 Å². The monoisotopic (exact) mass is 726 g/mol. The van der Waals surface area contributed by atoms with Gasteiger partial charge in [-0.1, -0.05) is 18.2 Å². The van der Waals surface area contributed by atoms with Crippen molar-refractivity contribution >= 4 is 67.3 Å². The van der Waals surface area contributed by atoms with Gasteiger partial charge in [-0.05, 0) is 33.3 Å². The van der Waals surface area contributed by atoms with Crippen LogP contribution in [0, 0.1) is 0 Å². The molecule has 2 N–H and O–H groups in total. The minimum atomic E-state index is -3.58. The SMILES string of the molecule is CCOCc1nc2c(N(CCN(C)C(=O)CCCN3C(=O)C=CC3=O)C(=O)CCC(=O)NC)nc3ccccc3c2n1CC(C)(C)NS(C)(=O)=O. The molecule has 3 heterocycles. The van der Waals surface area contributed by atoms with Crippen molar-refractivity contribution in [3.63, 3.8) is 0 Å². The van der Waals surface area contributed by atoms with E-state index in [1.165, 1.54) is 29.0 Å². The van der Waals surface area contributed by atoms with E-state index in [0.717, 1.165) is 16.5 Å². The van der Waals surface area contributed by atoms with Crippen molar-refractivity contribution in [2.75, 3.05) is 51.5 Å². The third kappa shape index (κ3) is 9.95. The van der Waals surface area contributed by atoms with Crippen LogP contribution in [0.1, 0.15) is 52.3 Å². The highest BCUT2D eigenvalue weighted by Gasteiger charge is 2.30. The van der Waals surface area contributed by atoms with E-state index >= 15 is 0 Å². The molecule has 0 unspecified atom stereocenters. The maximum absolute atomic E-state index is 13.9. The number of amides is 5. The number of imide groups is 1. The van der Waals surface area contributed by atoms with Crippen molar-refractivity contribution < 1.29 is 37.1 Å². The second-order valence-corrected chi connectivity index (χ2v) is 14.7. The zero-order chi connectivity index (χ0) is 37.5. The first-order chi connectivity index (χ1) is 24.0. The fourth-order valence-electron chi connectivity index (χ4n) is 5.89. The Labute approximate surface area is 297 Å². The minimum Gasteiger partial charge on any atom is -0.374 e. The normalized spacial score (nSPS) is 13.4. The van der Waals surface area contributed by atoms with Crippen LogP contribution in [0.4, 0.5) is 5.82 Å². The molecular weight excluding hydrogens is 680 g/mol. The second-order valence-electron chi connectivity index (χ2n) is 13.0. The zero-order valence-corrected chi connectivity index (χ0v) is 30.7. The molecule has 0 fully saturated rings. The number of nitrogens with one attached hydrogen (secondary N) is 2. The van der Waals surface area contributed by atoms with Crippen molar-refractivity contribution in [1.29, 1.82) is 0 Å². The van der Waals surface area contributed by atoms with Gasteiger partial charge < -0.3 is 19.5 Å². The van der Waals surface area contributed by atoms with E-state index in [-0.39, 0.29) is 76.1 Å². The Morgan fingerprint density at radius 3 is 2.31 bits per heavy atom. The summed E-state index contributed by atoms with van der Waals surface area (Å²) in [4.78, 5) is 76.7. The Hall–Kier alpha value is -4.74. The fourth-order valence-corrected chi connectivity index (χ4v) is 6.96. The number of para-hydroxylation sites is 1. The van der Waals surface area contributed by atoms with Crippen LogP contribution in [0.2, 0.25) is 0 Å². The van der Waals surface area contributed by atoms with Crippen molar-refractivity contribution in [2.45, 2.75) is 65.1 Å². The van der Waals surface area contributed by atoms with Crippen LogP contribution in [-0.2, 0) is 51.9 Å². The van der Waals surface area contributed by atoms with Crippen molar-refractivity contribution in [2.24, 2.45) is 0 Å². The maximum Gasteiger partial charge on any atom is 0.253 e. The van der Waals surface area contributed by atoms with Crippen LogP contribution < -0.4 is 14.9 Å². The number of benzene rings is 1. The quantitative estimate of drug-likeness (QED) is 0.181.